The number of anilines is 1. The van der Waals surface area contributed by atoms with Gasteiger partial charge < -0.3 is 4.90 Å². The summed E-state index contributed by atoms with van der Waals surface area (Å²) in [6.45, 7) is 2.75. The van der Waals surface area contributed by atoms with Gasteiger partial charge in [0.2, 0.25) is 15.9 Å². The SMILES string of the molecule is C[C@H]1Cc2ccccc2N1C(=O)C1CCN(S(=O)(=O)Cc2ccc(Cl)cc2Cl)CC1. The van der Waals surface area contributed by atoms with Crippen molar-refractivity contribution in [2.24, 2.45) is 5.92 Å². The van der Waals surface area contributed by atoms with Crippen LogP contribution >= 0.6 is 23.2 Å². The molecule has 160 valence electrons. The third-order valence-electron chi connectivity index (χ3n) is 5.99. The van der Waals surface area contributed by atoms with E-state index in [1.165, 1.54) is 9.87 Å². The lowest BCUT2D eigenvalue weighted by Crippen LogP contribution is -2.46. The lowest BCUT2D eigenvalue weighted by atomic mass is 9.96. The van der Waals surface area contributed by atoms with Gasteiger partial charge in [0.25, 0.3) is 0 Å². The average Bonchev–Trinajstić information content (AvgIpc) is 3.05. The van der Waals surface area contributed by atoms with Crippen LogP contribution in [0.5, 0.6) is 0 Å². The van der Waals surface area contributed by atoms with Gasteiger partial charge in [0.05, 0.1) is 5.75 Å². The Bertz CT molecular complexity index is 1070. The third-order valence-corrected chi connectivity index (χ3v) is 8.41. The van der Waals surface area contributed by atoms with Crippen molar-refractivity contribution in [3.8, 4) is 0 Å². The van der Waals surface area contributed by atoms with Crippen molar-refractivity contribution in [2.45, 2.75) is 38.0 Å². The molecule has 2 aliphatic rings. The molecule has 0 bridgehead atoms. The molecule has 2 aliphatic heterocycles. The summed E-state index contributed by atoms with van der Waals surface area (Å²) in [5, 5.41) is 0.816. The maximum absolute atomic E-state index is 13.2. The number of sulfonamides is 1. The van der Waals surface area contributed by atoms with Crippen LogP contribution in [0.15, 0.2) is 42.5 Å². The molecule has 0 radical (unpaired) electrons. The molecule has 2 aromatic carbocycles. The number of rotatable bonds is 4. The maximum atomic E-state index is 13.2. The number of amides is 1. The highest BCUT2D eigenvalue weighted by molar-refractivity contribution is 7.88. The minimum Gasteiger partial charge on any atom is -0.309 e. The standard InChI is InChI=1S/C22H24Cl2N2O3S/c1-15-12-17-4-2-3-5-21(17)26(15)22(27)16-8-10-25(11-9-16)30(28,29)14-18-6-7-19(23)13-20(18)24/h2-7,13,15-16H,8-12,14H2,1H3/t15-/m0/s1. The van der Waals surface area contributed by atoms with Crippen molar-refractivity contribution in [2.75, 3.05) is 18.0 Å². The summed E-state index contributed by atoms with van der Waals surface area (Å²) in [6.07, 6.45) is 1.91. The second-order valence-electron chi connectivity index (χ2n) is 8.06. The minimum absolute atomic E-state index is 0.102. The van der Waals surface area contributed by atoms with E-state index in [9.17, 15) is 13.2 Å². The number of para-hydroxylation sites is 1. The Morgan fingerprint density at radius 3 is 2.50 bits per heavy atom. The van der Waals surface area contributed by atoms with E-state index in [1.54, 1.807) is 18.2 Å². The number of carbonyl (C=O) groups is 1. The van der Waals surface area contributed by atoms with Gasteiger partial charge >= 0.3 is 0 Å². The molecule has 1 amide bonds. The Kier molecular flexibility index (Phi) is 6.13. The molecule has 0 saturated carbocycles. The quantitative estimate of drug-likeness (QED) is 0.665. The Morgan fingerprint density at radius 2 is 1.80 bits per heavy atom. The van der Waals surface area contributed by atoms with E-state index < -0.39 is 10.0 Å². The van der Waals surface area contributed by atoms with Crippen LogP contribution in [0.2, 0.25) is 10.0 Å². The number of piperidine rings is 1. The van der Waals surface area contributed by atoms with E-state index in [0.717, 1.165) is 12.1 Å². The lowest BCUT2D eigenvalue weighted by molar-refractivity contribution is -0.123. The zero-order valence-corrected chi connectivity index (χ0v) is 19.1. The summed E-state index contributed by atoms with van der Waals surface area (Å²) in [7, 11) is -3.52. The van der Waals surface area contributed by atoms with Crippen LogP contribution in [-0.2, 0) is 27.0 Å². The molecule has 0 spiro atoms. The fourth-order valence-corrected chi connectivity index (χ4v) is 6.55. The van der Waals surface area contributed by atoms with Gasteiger partial charge in [-0.2, -0.15) is 0 Å². The molecule has 2 aromatic rings. The van der Waals surface area contributed by atoms with E-state index in [-0.39, 0.29) is 23.6 Å². The van der Waals surface area contributed by atoms with Gasteiger partial charge in [-0.1, -0.05) is 47.5 Å². The first-order valence-electron chi connectivity index (χ1n) is 10.1. The molecule has 0 N–H and O–H groups in total. The van der Waals surface area contributed by atoms with Crippen molar-refractivity contribution >= 4 is 44.8 Å². The second-order valence-corrected chi connectivity index (χ2v) is 10.9. The van der Waals surface area contributed by atoms with Crippen LogP contribution in [-0.4, -0.2) is 37.8 Å². The largest absolute Gasteiger partial charge is 0.309 e. The summed E-state index contributed by atoms with van der Waals surface area (Å²) < 4.78 is 27.2. The van der Waals surface area contributed by atoms with Crippen molar-refractivity contribution in [3.63, 3.8) is 0 Å². The van der Waals surface area contributed by atoms with Crippen molar-refractivity contribution in [3.05, 3.63) is 63.6 Å². The maximum Gasteiger partial charge on any atom is 0.230 e. The van der Waals surface area contributed by atoms with Gasteiger partial charge in [-0.15, -0.1) is 0 Å². The molecule has 1 fully saturated rings. The first-order valence-corrected chi connectivity index (χ1v) is 12.5. The molecule has 5 nitrogen and oxygen atoms in total. The number of benzene rings is 2. The molecule has 30 heavy (non-hydrogen) atoms. The van der Waals surface area contributed by atoms with Gasteiger partial charge in [0.1, 0.15) is 0 Å². The zero-order chi connectivity index (χ0) is 21.5. The van der Waals surface area contributed by atoms with Crippen LogP contribution in [0.4, 0.5) is 5.69 Å². The smallest absolute Gasteiger partial charge is 0.230 e. The summed E-state index contributed by atoms with van der Waals surface area (Å²) >= 11 is 12.0. The monoisotopic (exact) mass is 466 g/mol. The Balaban J connectivity index is 1.41. The fourth-order valence-electron chi connectivity index (χ4n) is 4.41. The van der Waals surface area contributed by atoms with Crippen molar-refractivity contribution in [1.82, 2.24) is 4.31 Å². The predicted molar refractivity (Wildman–Crippen MR) is 120 cm³/mol. The summed E-state index contributed by atoms with van der Waals surface area (Å²) in [4.78, 5) is 15.1. The Hall–Kier alpha value is -1.60. The van der Waals surface area contributed by atoms with E-state index in [0.29, 0.717) is 41.5 Å². The molecule has 0 unspecified atom stereocenters. The number of nitrogens with zero attached hydrogens (tertiary/aromatic N) is 2. The number of fused-ring (bicyclic) bond motifs is 1. The van der Waals surface area contributed by atoms with E-state index in [1.807, 2.05) is 23.1 Å². The van der Waals surface area contributed by atoms with Crippen molar-refractivity contribution < 1.29 is 13.2 Å². The highest BCUT2D eigenvalue weighted by Crippen LogP contribution is 2.35. The Morgan fingerprint density at radius 1 is 1.10 bits per heavy atom. The average molecular weight is 467 g/mol. The van der Waals surface area contributed by atoms with Crippen LogP contribution in [0, 0.1) is 5.92 Å². The van der Waals surface area contributed by atoms with Gasteiger partial charge in [-0.25, -0.2) is 12.7 Å². The number of hydrogen-bond donors (Lipinski definition) is 0. The molecule has 8 heteroatoms. The molecule has 0 aromatic heterocycles. The van der Waals surface area contributed by atoms with E-state index in [4.69, 9.17) is 23.2 Å². The van der Waals surface area contributed by atoms with Crippen molar-refractivity contribution in [1.29, 1.82) is 0 Å². The molecule has 0 aliphatic carbocycles. The first-order chi connectivity index (χ1) is 14.3. The second kappa shape index (κ2) is 8.50. The van der Waals surface area contributed by atoms with Crippen LogP contribution in [0.1, 0.15) is 30.9 Å². The van der Waals surface area contributed by atoms with Gasteiger partial charge in [0.15, 0.2) is 0 Å². The normalized spacial score (nSPS) is 20.4. The van der Waals surface area contributed by atoms with Gasteiger partial charge in [-0.05, 0) is 55.5 Å². The van der Waals surface area contributed by atoms with Crippen LogP contribution in [0.3, 0.4) is 0 Å². The summed E-state index contributed by atoms with van der Waals surface area (Å²) in [6, 6.07) is 13.0. The van der Waals surface area contributed by atoms with E-state index in [2.05, 4.69) is 13.0 Å². The fraction of sp³-hybridized carbons (Fsp3) is 0.409. The van der Waals surface area contributed by atoms with Crippen LogP contribution < -0.4 is 4.90 Å². The molecule has 1 atom stereocenters. The molecular formula is C22H24Cl2N2O3S. The third kappa shape index (κ3) is 4.24. The molecular weight excluding hydrogens is 443 g/mol. The van der Waals surface area contributed by atoms with Gasteiger partial charge in [-0.3, -0.25) is 4.79 Å². The van der Waals surface area contributed by atoms with E-state index >= 15 is 0 Å². The highest BCUT2D eigenvalue weighted by atomic mass is 35.5. The molecule has 2 heterocycles. The van der Waals surface area contributed by atoms with Gasteiger partial charge in [0, 0.05) is 40.8 Å². The zero-order valence-electron chi connectivity index (χ0n) is 16.7. The number of hydrogen-bond acceptors (Lipinski definition) is 3. The molecule has 1 saturated heterocycles. The highest BCUT2D eigenvalue weighted by Gasteiger charge is 2.37. The number of halogens is 2. The van der Waals surface area contributed by atoms with Crippen LogP contribution in [0.25, 0.3) is 0 Å². The first kappa shape index (κ1) is 21.6. The lowest BCUT2D eigenvalue weighted by Gasteiger charge is -2.34. The predicted octanol–water partition coefficient (Wildman–Crippen LogP) is 4.51. The minimum atomic E-state index is -3.52. The number of carbonyl (C=O) groups excluding carboxylic acids is 1. The summed E-state index contributed by atoms with van der Waals surface area (Å²) in [5.41, 5.74) is 2.71. The topological polar surface area (TPSA) is 57.7 Å². The Labute approximate surface area is 187 Å². The summed E-state index contributed by atoms with van der Waals surface area (Å²) in [5.74, 6) is -0.229. The molecule has 4 rings (SSSR count).